The molecular weight excluding hydrogens is 360 g/mol. The highest BCUT2D eigenvalue weighted by Gasteiger charge is 2.32. The van der Waals surface area contributed by atoms with Crippen LogP contribution in [-0.4, -0.2) is 18.2 Å². The van der Waals surface area contributed by atoms with Gasteiger partial charge in [0.2, 0.25) is 0 Å². The standard InChI is InChI=1S/C25H34N2O2/c1-14(2)18-9-11-19(12-10-18)20-13-29-23-16(4)15(3)22(17(5)21(20)23)26-24(28)27-25(6,7)8/h9-12,14,20H,13H2,1-8H3,(H2,26,27,28). The zero-order valence-electron chi connectivity index (χ0n) is 19.0. The Kier molecular flexibility index (Phi) is 5.66. The van der Waals surface area contributed by atoms with Gasteiger partial charge >= 0.3 is 6.03 Å². The first kappa shape index (κ1) is 21.2. The van der Waals surface area contributed by atoms with Crippen LogP contribution >= 0.6 is 0 Å². The molecule has 0 bridgehead atoms. The van der Waals surface area contributed by atoms with Crippen LogP contribution in [0.25, 0.3) is 0 Å². The summed E-state index contributed by atoms with van der Waals surface area (Å²) in [5.74, 6) is 1.66. The minimum absolute atomic E-state index is 0.178. The third-order valence-corrected chi connectivity index (χ3v) is 5.78. The molecule has 0 radical (unpaired) electrons. The van der Waals surface area contributed by atoms with Crippen LogP contribution in [0.4, 0.5) is 10.5 Å². The van der Waals surface area contributed by atoms with Crippen LogP contribution < -0.4 is 15.4 Å². The zero-order valence-corrected chi connectivity index (χ0v) is 19.0. The maximum absolute atomic E-state index is 12.5. The van der Waals surface area contributed by atoms with Gasteiger partial charge < -0.3 is 15.4 Å². The Balaban J connectivity index is 2.00. The summed E-state index contributed by atoms with van der Waals surface area (Å²) in [6, 6.07) is 8.67. The number of carbonyl (C=O) groups excluding carboxylic acids is 1. The second-order valence-corrected chi connectivity index (χ2v) is 9.51. The van der Waals surface area contributed by atoms with Crippen LogP contribution in [0.15, 0.2) is 24.3 Å². The molecule has 1 unspecified atom stereocenters. The average Bonchev–Trinajstić information content (AvgIpc) is 3.07. The second-order valence-electron chi connectivity index (χ2n) is 9.51. The smallest absolute Gasteiger partial charge is 0.319 e. The molecule has 0 saturated heterocycles. The fourth-order valence-corrected chi connectivity index (χ4v) is 4.05. The molecule has 29 heavy (non-hydrogen) atoms. The van der Waals surface area contributed by atoms with Gasteiger partial charge in [-0.25, -0.2) is 4.79 Å². The minimum Gasteiger partial charge on any atom is -0.492 e. The van der Waals surface area contributed by atoms with Crippen LogP contribution in [0.1, 0.15) is 79.8 Å². The molecule has 4 heteroatoms. The van der Waals surface area contributed by atoms with E-state index in [0.29, 0.717) is 12.5 Å². The van der Waals surface area contributed by atoms with Gasteiger partial charge in [-0.3, -0.25) is 0 Å². The van der Waals surface area contributed by atoms with E-state index in [1.165, 1.54) is 16.7 Å². The van der Waals surface area contributed by atoms with Gasteiger partial charge in [-0.05, 0) is 75.3 Å². The van der Waals surface area contributed by atoms with Crippen molar-refractivity contribution in [2.24, 2.45) is 0 Å². The van der Waals surface area contributed by atoms with Crippen molar-refractivity contribution in [1.29, 1.82) is 0 Å². The third kappa shape index (κ3) is 4.26. The molecule has 1 atom stereocenters. The predicted molar refractivity (Wildman–Crippen MR) is 120 cm³/mol. The Bertz CT molecular complexity index is 922. The van der Waals surface area contributed by atoms with Crippen LogP contribution in [0, 0.1) is 20.8 Å². The Morgan fingerprint density at radius 3 is 2.21 bits per heavy atom. The zero-order chi connectivity index (χ0) is 21.5. The summed E-state index contributed by atoms with van der Waals surface area (Å²) in [7, 11) is 0. The Morgan fingerprint density at radius 2 is 1.66 bits per heavy atom. The molecule has 4 nitrogen and oxygen atoms in total. The summed E-state index contributed by atoms with van der Waals surface area (Å²) in [5, 5.41) is 6.08. The van der Waals surface area contributed by atoms with E-state index in [9.17, 15) is 4.79 Å². The summed E-state index contributed by atoms with van der Waals surface area (Å²) in [6.45, 7) is 17.2. The van der Waals surface area contributed by atoms with Crippen molar-refractivity contribution in [2.45, 2.75) is 72.8 Å². The summed E-state index contributed by atoms with van der Waals surface area (Å²) < 4.78 is 6.15. The van der Waals surface area contributed by atoms with Crippen LogP contribution in [0.3, 0.4) is 0 Å². The van der Waals surface area contributed by atoms with Crippen molar-refractivity contribution in [3.8, 4) is 5.75 Å². The maximum Gasteiger partial charge on any atom is 0.319 e. The molecule has 2 amide bonds. The Labute approximate surface area is 175 Å². The second kappa shape index (κ2) is 7.74. The molecule has 3 rings (SSSR count). The van der Waals surface area contributed by atoms with Gasteiger partial charge in [0.15, 0.2) is 0 Å². The van der Waals surface area contributed by atoms with E-state index in [0.717, 1.165) is 28.1 Å². The van der Waals surface area contributed by atoms with Crippen molar-refractivity contribution in [3.63, 3.8) is 0 Å². The van der Waals surface area contributed by atoms with E-state index in [4.69, 9.17) is 4.74 Å². The molecule has 0 aliphatic carbocycles. The number of rotatable bonds is 3. The molecule has 1 aliphatic heterocycles. The van der Waals surface area contributed by atoms with E-state index in [1.54, 1.807) is 0 Å². The summed E-state index contributed by atoms with van der Waals surface area (Å²) in [5.41, 5.74) is 7.62. The largest absolute Gasteiger partial charge is 0.492 e. The summed E-state index contributed by atoms with van der Waals surface area (Å²) >= 11 is 0. The SMILES string of the molecule is Cc1c(C)c2c(c(C)c1NC(=O)NC(C)(C)C)C(c1ccc(C(C)C)cc1)CO2. The first-order valence-electron chi connectivity index (χ1n) is 10.4. The lowest BCUT2D eigenvalue weighted by atomic mass is 9.86. The van der Waals surface area contributed by atoms with Crippen molar-refractivity contribution < 1.29 is 9.53 Å². The maximum atomic E-state index is 12.5. The number of fused-ring (bicyclic) bond motifs is 1. The monoisotopic (exact) mass is 394 g/mol. The highest BCUT2D eigenvalue weighted by molar-refractivity contribution is 5.92. The fraction of sp³-hybridized carbons (Fsp3) is 0.480. The number of benzene rings is 2. The van der Waals surface area contributed by atoms with E-state index in [-0.39, 0.29) is 17.5 Å². The predicted octanol–water partition coefficient (Wildman–Crippen LogP) is 6.18. The highest BCUT2D eigenvalue weighted by atomic mass is 16.5. The first-order valence-corrected chi connectivity index (χ1v) is 10.4. The topological polar surface area (TPSA) is 50.4 Å². The van der Waals surface area contributed by atoms with E-state index in [2.05, 4.69) is 62.6 Å². The number of hydrogen-bond acceptors (Lipinski definition) is 2. The Hall–Kier alpha value is -2.49. The number of ether oxygens (including phenoxy) is 1. The molecule has 156 valence electrons. The van der Waals surface area contributed by atoms with Gasteiger partial charge in [0.05, 0.1) is 6.61 Å². The highest BCUT2D eigenvalue weighted by Crippen LogP contribution is 2.46. The van der Waals surface area contributed by atoms with Crippen molar-refractivity contribution >= 4 is 11.7 Å². The number of carbonyl (C=O) groups is 1. The van der Waals surface area contributed by atoms with Crippen molar-refractivity contribution in [1.82, 2.24) is 5.32 Å². The number of anilines is 1. The van der Waals surface area contributed by atoms with E-state index >= 15 is 0 Å². The Morgan fingerprint density at radius 1 is 1.03 bits per heavy atom. The van der Waals surface area contributed by atoms with Crippen LogP contribution in [0.5, 0.6) is 5.75 Å². The van der Waals surface area contributed by atoms with Gasteiger partial charge in [0.25, 0.3) is 0 Å². The molecule has 0 aromatic heterocycles. The number of amides is 2. The first-order chi connectivity index (χ1) is 13.5. The van der Waals surface area contributed by atoms with Gasteiger partial charge in [0, 0.05) is 22.7 Å². The third-order valence-electron chi connectivity index (χ3n) is 5.78. The van der Waals surface area contributed by atoms with Gasteiger partial charge in [-0.2, -0.15) is 0 Å². The minimum atomic E-state index is -0.290. The summed E-state index contributed by atoms with van der Waals surface area (Å²) in [4.78, 5) is 12.5. The molecule has 2 aromatic carbocycles. The lowest BCUT2D eigenvalue weighted by Gasteiger charge is -2.24. The quantitative estimate of drug-likeness (QED) is 0.653. The van der Waals surface area contributed by atoms with Crippen LogP contribution in [-0.2, 0) is 0 Å². The lowest BCUT2D eigenvalue weighted by molar-refractivity contribution is 0.243. The van der Waals surface area contributed by atoms with Crippen molar-refractivity contribution in [3.05, 3.63) is 57.6 Å². The molecule has 0 fully saturated rings. The normalized spacial score (nSPS) is 15.8. The molecule has 0 saturated carbocycles. The number of hydrogen-bond donors (Lipinski definition) is 2. The molecule has 2 N–H and O–H groups in total. The molecule has 1 aliphatic rings. The van der Waals surface area contributed by atoms with E-state index in [1.807, 2.05) is 27.7 Å². The molecule has 0 spiro atoms. The van der Waals surface area contributed by atoms with Gasteiger partial charge in [-0.15, -0.1) is 0 Å². The fourth-order valence-electron chi connectivity index (χ4n) is 4.05. The number of urea groups is 1. The molecule has 1 heterocycles. The van der Waals surface area contributed by atoms with Gasteiger partial charge in [-0.1, -0.05) is 38.1 Å². The van der Waals surface area contributed by atoms with Crippen LogP contribution in [0.2, 0.25) is 0 Å². The lowest BCUT2D eigenvalue weighted by Crippen LogP contribution is -2.43. The molecule has 2 aromatic rings. The van der Waals surface area contributed by atoms with Crippen molar-refractivity contribution in [2.75, 3.05) is 11.9 Å². The van der Waals surface area contributed by atoms with E-state index < -0.39 is 0 Å². The number of nitrogens with one attached hydrogen (secondary N) is 2. The average molecular weight is 395 g/mol. The van der Waals surface area contributed by atoms with Gasteiger partial charge in [0.1, 0.15) is 5.75 Å². The molecular formula is C25H34N2O2. The summed E-state index contributed by atoms with van der Waals surface area (Å²) in [6.07, 6.45) is 0.